The van der Waals surface area contributed by atoms with Gasteiger partial charge >= 0.3 is 0 Å². The fourth-order valence-corrected chi connectivity index (χ4v) is 3.11. The number of carbonyl (C=O) groups excluding carboxylic acids is 1. The molecule has 2 aromatic heterocycles. The zero-order valence-corrected chi connectivity index (χ0v) is 13.7. The smallest absolute Gasteiger partial charge is 0.192 e. The van der Waals surface area contributed by atoms with Crippen LogP contribution in [0.5, 0.6) is 0 Å². The Morgan fingerprint density at radius 2 is 2.19 bits per heavy atom. The predicted molar refractivity (Wildman–Crippen MR) is 82.5 cm³/mol. The lowest BCUT2D eigenvalue weighted by Gasteiger charge is -2.16. The highest BCUT2D eigenvalue weighted by Gasteiger charge is 2.18. The maximum Gasteiger partial charge on any atom is 0.192 e. The van der Waals surface area contributed by atoms with Gasteiger partial charge in [-0.25, -0.2) is 0 Å². The molecule has 0 aliphatic rings. The van der Waals surface area contributed by atoms with Crippen molar-refractivity contribution in [2.75, 3.05) is 20.0 Å². The Balaban J connectivity index is 2.30. The van der Waals surface area contributed by atoms with Crippen molar-refractivity contribution in [2.45, 2.75) is 24.9 Å². The number of hydrogen-bond donors (Lipinski definition) is 0. The lowest BCUT2D eigenvalue weighted by Crippen LogP contribution is -2.21. The summed E-state index contributed by atoms with van der Waals surface area (Å²) >= 11 is 2.96. The van der Waals surface area contributed by atoms with Crippen LogP contribution in [0, 0.1) is 0 Å². The largest absolute Gasteiger partial charge is 0.354 e. The van der Waals surface area contributed by atoms with E-state index < -0.39 is 6.29 Å². The minimum Gasteiger partial charge on any atom is -0.354 e. The van der Waals surface area contributed by atoms with Crippen LogP contribution in [-0.2, 0) is 20.8 Å². The Kier molecular flexibility index (Phi) is 5.92. The van der Waals surface area contributed by atoms with E-state index >= 15 is 0 Å². The normalized spacial score (nSPS) is 11.2. The molecule has 0 saturated heterocycles. The van der Waals surface area contributed by atoms with Crippen molar-refractivity contribution in [1.82, 2.24) is 14.8 Å². The molecule has 2 heterocycles. The van der Waals surface area contributed by atoms with Gasteiger partial charge in [0, 0.05) is 25.2 Å². The fraction of sp³-hybridized carbons (Fsp3) is 0.462. The molecule has 0 aliphatic heterocycles. The van der Waals surface area contributed by atoms with Gasteiger partial charge in [0.1, 0.15) is 5.78 Å². The van der Waals surface area contributed by atoms with Gasteiger partial charge in [0.2, 0.25) is 0 Å². The Hall–Kier alpha value is -1.22. The number of aromatic nitrogens is 3. The van der Waals surface area contributed by atoms with Crippen LogP contribution in [0.25, 0.3) is 11.4 Å². The summed E-state index contributed by atoms with van der Waals surface area (Å²) in [6, 6.07) is 1.99. The molecule has 0 atom stereocenters. The lowest BCUT2D eigenvalue weighted by atomic mass is 10.3. The Labute approximate surface area is 131 Å². The van der Waals surface area contributed by atoms with Crippen molar-refractivity contribution < 1.29 is 14.3 Å². The summed E-state index contributed by atoms with van der Waals surface area (Å²) in [6.45, 7) is 2.02. The SMILES string of the molecule is COC(Cn1c(SCC(C)=O)nnc1-c1ccsc1)OC. The van der Waals surface area contributed by atoms with E-state index in [2.05, 4.69) is 10.2 Å². The number of Topliss-reactive ketones (excluding diaryl/α,β-unsaturated/α-hetero) is 1. The first-order valence-electron chi connectivity index (χ1n) is 6.29. The molecule has 0 aromatic carbocycles. The molecule has 0 fully saturated rings. The van der Waals surface area contributed by atoms with Gasteiger partial charge < -0.3 is 9.47 Å². The second kappa shape index (κ2) is 7.69. The van der Waals surface area contributed by atoms with Crippen LogP contribution in [0.2, 0.25) is 0 Å². The van der Waals surface area contributed by atoms with Crippen LogP contribution in [0.3, 0.4) is 0 Å². The molecule has 0 unspecified atom stereocenters. The van der Waals surface area contributed by atoms with Gasteiger partial charge in [-0.15, -0.1) is 10.2 Å². The lowest BCUT2D eigenvalue weighted by molar-refractivity contribution is -0.114. The first kappa shape index (κ1) is 16.2. The van der Waals surface area contributed by atoms with E-state index in [0.29, 0.717) is 17.5 Å². The van der Waals surface area contributed by atoms with Crippen molar-refractivity contribution >= 4 is 28.9 Å². The summed E-state index contributed by atoms with van der Waals surface area (Å²) in [7, 11) is 3.18. The molecule has 6 nitrogen and oxygen atoms in total. The zero-order valence-electron chi connectivity index (χ0n) is 12.1. The molecular weight excluding hydrogens is 310 g/mol. The number of thioether (sulfide) groups is 1. The summed E-state index contributed by atoms with van der Waals surface area (Å²) in [5.41, 5.74) is 0.994. The average molecular weight is 327 g/mol. The van der Waals surface area contributed by atoms with E-state index in [9.17, 15) is 4.79 Å². The van der Waals surface area contributed by atoms with Gasteiger partial charge in [0.05, 0.1) is 12.3 Å². The molecule has 2 aromatic rings. The van der Waals surface area contributed by atoms with E-state index in [1.54, 1.807) is 32.5 Å². The van der Waals surface area contributed by atoms with Crippen molar-refractivity contribution in [3.05, 3.63) is 16.8 Å². The molecule has 0 radical (unpaired) electrons. The van der Waals surface area contributed by atoms with E-state index in [1.165, 1.54) is 11.8 Å². The molecule has 0 N–H and O–H groups in total. The summed E-state index contributed by atoms with van der Waals surface area (Å²) in [5, 5.41) is 13.1. The maximum absolute atomic E-state index is 11.2. The van der Waals surface area contributed by atoms with Crippen LogP contribution < -0.4 is 0 Å². The zero-order chi connectivity index (χ0) is 15.2. The van der Waals surface area contributed by atoms with Gasteiger partial charge in [-0.2, -0.15) is 11.3 Å². The summed E-state index contributed by atoms with van der Waals surface area (Å²) in [6.07, 6.45) is -0.393. The quantitative estimate of drug-likeness (QED) is 0.547. The number of nitrogens with zero attached hydrogens (tertiary/aromatic N) is 3. The Morgan fingerprint density at radius 1 is 1.43 bits per heavy atom. The van der Waals surface area contributed by atoms with Crippen LogP contribution in [-0.4, -0.2) is 46.8 Å². The summed E-state index contributed by atoms with van der Waals surface area (Å²) < 4.78 is 12.4. The van der Waals surface area contributed by atoms with Gasteiger partial charge in [-0.3, -0.25) is 9.36 Å². The fourth-order valence-electron chi connectivity index (χ4n) is 1.73. The maximum atomic E-state index is 11.2. The van der Waals surface area contributed by atoms with Crippen LogP contribution in [0.15, 0.2) is 22.0 Å². The topological polar surface area (TPSA) is 66.2 Å². The first-order valence-corrected chi connectivity index (χ1v) is 8.22. The number of ketones is 1. The van der Waals surface area contributed by atoms with Gasteiger partial charge in [-0.1, -0.05) is 11.8 Å². The molecule has 8 heteroatoms. The molecule has 0 aliphatic carbocycles. The van der Waals surface area contributed by atoms with Gasteiger partial charge in [0.25, 0.3) is 0 Å². The van der Waals surface area contributed by atoms with Crippen molar-refractivity contribution in [3.8, 4) is 11.4 Å². The highest BCUT2D eigenvalue weighted by Crippen LogP contribution is 2.26. The number of methoxy groups -OCH3 is 2. The molecule has 0 spiro atoms. The van der Waals surface area contributed by atoms with Crippen LogP contribution in [0.1, 0.15) is 6.92 Å². The minimum absolute atomic E-state index is 0.0988. The monoisotopic (exact) mass is 327 g/mol. The highest BCUT2D eigenvalue weighted by molar-refractivity contribution is 7.99. The number of hydrogen-bond acceptors (Lipinski definition) is 7. The number of thiophene rings is 1. The Morgan fingerprint density at radius 3 is 2.76 bits per heavy atom. The molecule has 0 bridgehead atoms. The van der Waals surface area contributed by atoms with E-state index in [0.717, 1.165) is 11.4 Å². The van der Waals surface area contributed by atoms with E-state index in [4.69, 9.17) is 9.47 Å². The van der Waals surface area contributed by atoms with Gasteiger partial charge in [0.15, 0.2) is 17.3 Å². The Bertz CT molecular complexity index is 580. The van der Waals surface area contributed by atoms with Crippen LogP contribution in [0.4, 0.5) is 0 Å². The number of rotatable bonds is 8. The van der Waals surface area contributed by atoms with E-state index in [1.807, 2.05) is 21.4 Å². The average Bonchev–Trinajstić information content (AvgIpc) is 3.11. The third kappa shape index (κ3) is 4.13. The molecule has 2 rings (SSSR count). The molecule has 114 valence electrons. The van der Waals surface area contributed by atoms with Crippen molar-refractivity contribution in [2.24, 2.45) is 0 Å². The summed E-state index contributed by atoms with van der Waals surface area (Å²) in [4.78, 5) is 11.2. The second-order valence-corrected chi connectivity index (χ2v) is 6.04. The highest BCUT2D eigenvalue weighted by atomic mass is 32.2. The first-order chi connectivity index (χ1) is 10.2. The standard InChI is InChI=1S/C13H17N3O3S2/c1-9(17)7-21-13-15-14-12(10-4-5-20-8-10)16(13)6-11(18-2)19-3/h4-5,8,11H,6-7H2,1-3H3. The molecule has 21 heavy (non-hydrogen) atoms. The minimum atomic E-state index is -0.393. The van der Waals surface area contributed by atoms with Crippen molar-refractivity contribution in [1.29, 1.82) is 0 Å². The third-order valence-corrected chi connectivity index (χ3v) is 4.55. The number of ether oxygens (including phenoxy) is 2. The van der Waals surface area contributed by atoms with Crippen LogP contribution >= 0.6 is 23.1 Å². The molecule has 0 saturated carbocycles. The third-order valence-electron chi connectivity index (χ3n) is 2.76. The van der Waals surface area contributed by atoms with E-state index in [-0.39, 0.29) is 5.78 Å². The summed E-state index contributed by atoms with van der Waals surface area (Å²) in [5.74, 6) is 1.22. The van der Waals surface area contributed by atoms with Crippen molar-refractivity contribution in [3.63, 3.8) is 0 Å². The second-order valence-electron chi connectivity index (χ2n) is 4.32. The predicted octanol–water partition coefficient (Wildman–Crippen LogP) is 2.31. The van der Waals surface area contributed by atoms with Gasteiger partial charge in [-0.05, 0) is 18.4 Å². The molecule has 0 amide bonds. The number of carbonyl (C=O) groups is 1. The molecular formula is C13H17N3O3S2.